The maximum Gasteiger partial charge on any atom is 0.126 e. The van der Waals surface area contributed by atoms with E-state index in [-0.39, 0.29) is 5.82 Å². The lowest BCUT2D eigenvalue weighted by Crippen LogP contribution is -2.14. The summed E-state index contributed by atoms with van der Waals surface area (Å²) in [7, 11) is 0. The van der Waals surface area contributed by atoms with Gasteiger partial charge < -0.3 is 0 Å². The fraction of sp³-hybridized carbons (Fsp3) is 0.571. The van der Waals surface area contributed by atoms with Crippen LogP contribution in [0, 0.1) is 11.7 Å². The topological polar surface area (TPSA) is 0 Å². The lowest BCUT2D eigenvalue weighted by atomic mass is 9.76. The summed E-state index contributed by atoms with van der Waals surface area (Å²) in [5, 5.41) is 0. The van der Waals surface area contributed by atoms with Gasteiger partial charge in [0.1, 0.15) is 5.82 Å². The highest BCUT2D eigenvalue weighted by Gasteiger charge is 2.24. The second-order valence-corrected chi connectivity index (χ2v) is 9.14. The summed E-state index contributed by atoms with van der Waals surface area (Å²) >= 11 is 0. The van der Waals surface area contributed by atoms with E-state index in [1.807, 2.05) is 0 Å². The van der Waals surface area contributed by atoms with Crippen molar-refractivity contribution in [1.29, 1.82) is 0 Å². The second kappa shape index (κ2) is 11.5. The minimum absolute atomic E-state index is 0.0234. The Hall–Kier alpha value is -1.63. The molecule has 0 radical (unpaired) electrons. The van der Waals surface area contributed by atoms with E-state index in [0.717, 1.165) is 49.1 Å². The van der Waals surface area contributed by atoms with Crippen molar-refractivity contribution in [2.45, 2.75) is 96.8 Å². The molecule has 1 aliphatic rings. The summed E-state index contributed by atoms with van der Waals surface area (Å²) in [5.74, 6) is 1.33. The van der Waals surface area contributed by atoms with Crippen LogP contribution in [0.5, 0.6) is 0 Å². The van der Waals surface area contributed by atoms with Crippen LogP contribution in [0.4, 0.5) is 4.39 Å². The normalized spacial score (nSPS) is 19.4. The Bertz CT molecular complexity index is 722. The number of aryl methyl sites for hydroxylation is 3. The summed E-state index contributed by atoms with van der Waals surface area (Å²) in [4.78, 5) is 0. The third-order valence-corrected chi connectivity index (χ3v) is 6.83. The molecule has 0 amide bonds. The minimum Gasteiger partial charge on any atom is -0.207 e. The molecule has 2 aromatic rings. The SMILES string of the molecule is CCCCCC1CCC(c2ccc(CCc3ccc(CCC)cc3)cc2F)CC1. The zero-order valence-electron chi connectivity index (χ0n) is 18.6. The lowest BCUT2D eigenvalue weighted by Gasteiger charge is -2.29. The first-order chi connectivity index (χ1) is 14.2. The number of hydrogen-bond donors (Lipinski definition) is 0. The van der Waals surface area contributed by atoms with Gasteiger partial charge in [-0.2, -0.15) is 0 Å². The maximum atomic E-state index is 14.8. The fourth-order valence-electron chi connectivity index (χ4n) is 4.95. The monoisotopic (exact) mass is 394 g/mol. The predicted molar refractivity (Wildman–Crippen MR) is 123 cm³/mol. The van der Waals surface area contributed by atoms with Gasteiger partial charge >= 0.3 is 0 Å². The van der Waals surface area contributed by atoms with Crippen LogP contribution in [0.1, 0.15) is 99.8 Å². The van der Waals surface area contributed by atoms with E-state index in [1.165, 1.54) is 56.1 Å². The quantitative estimate of drug-likeness (QED) is 0.355. The van der Waals surface area contributed by atoms with Gasteiger partial charge in [-0.15, -0.1) is 0 Å². The van der Waals surface area contributed by atoms with Gasteiger partial charge in [0.25, 0.3) is 0 Å². The molecule has 0 N–H and O–H groups in total. The zero-order chi connectivity index (χ0) is 20.5. The van der Waals surface area contributed by atoms with Gasteiger partial charge in [0.05, 0.1) is 0 Å². The largest absolute Gasteiger partial charge is 0.207 e. The van der Waals surface area contributed by atoms with Gasteiger partial charge in [-0.05, 0) is 85.1 Å². The molecule has 0 spiro atoms. The number of hydrogen-bond acceptors (Lipinski definition) is 0. The summed E-state index contributed by atoms with van der Waals surface area (Å²) in [6.45, 7) is 4.48. The van der Waals surface area contributed by atoms with Crippen LogP contribution in [-0.2, 0) is 19.3 Å². The number of benzene rings is 2. The van der Waals surface area contributed by atoms with E-state index < -0.39 is 0 Å². The molecule has 3 rings (SSSR count). The molecular formula is C28H39F. The van der Waals surface area contributed by atoms with Crippen molar-refractivity contribution in [3.05, 3.63) is 70.5 Å². The molecule has 1 saturated carbocycles. The fourth-order valence-corrected chi connectivity index (χ4v) is 4.95. The van der Waals surface area contributed by atoms with Gasteiger partial charge in [0, 0.05) is 0 Å². The molecule has 0 aromatic heterocycles. The number of rotatable bonds is 10. The highest BCUT2D eigenvalue weighted by Crippen LogP contribution is 2.38. The third-order valence-electron chi connectivity index (χ3n) is 6.83. The molecule has 0 heterocycles. The van der Waals surface area contributed by atoms with Gasteiger partial charge in [0.15, 0.2) is 0 Å². The Balaban J connectivity index is 1.50. The molecule has 1 heteroatoms. The predicted octanol–water partition coefficient (Wildman–Crippen LogP) is 8.42. The average Bonchev–Trinajstić information content (AvgIpc) is 2.74. The molecule has 0 nitrogen and oxygen atoms in total. The Morgan fingerprint density at radius 3 is 1.97 bits per heavy atom. The van der Waals surface area contributed by atoms with Crippen molar-refractivity contribution in [3.63, 3.8) is 0 Å². The summed E-state index contributed by atoms with van der Waals surface area (Å²) in [6, 6.07) is 15.0. The third kappa shape index (κ3) is 6.69. The molecule has 158 valence electrons. The molecule has 29 heavy (non-hydrogen) atoms. The molecule has 0 atom stereocenters. The van der Waals surface area contributed by atoms with Crippen molar-refractivity contribution < 1.29 is 4.39 Å². The smallest absolute Gasteiger partial charge is 0.126 e. The van der Waals surface area contributed by atoms with E-state index >= 15 is 0 Å². The molecule has 1 fully saturated rings. The van der Waals surface area contributed by atoms with Gasteiger partial charge in [0.2, 0.25) is 0 Å². The average molecular weight is 395 g/mol. The minimum atomic E-state index is 0.0234. The van der Waals surface area contributed by atoms with E-state index in [1.54, 1.807) is 6.07 Å². The summed E-state index contributed by atoms with van der Waals surface area (Å²) < 4.78 is 14.8. The van der Waals surface area contributed by atoms with E-state index in [9.17, 15) is 4.39 Å². The van der Waals surface area contributed by atoms with Crippen molar-refractivity contribution in [2.24, 2.45) is 5.92 Å². The van der Waals surface area contributed by atoms with E-state index in [0.29, 0.717) is 5.92 Å². The molecule has 0 aliphatic heterocycles. The van der Waals surface area contributed by atoms with Crippen molar-refractivity contribution in [2.75, 3.05) is 0 Å². The molecule has 1 aliphatic carbocycles. The van der Waals surface area contributed by atoms with Crippen LogP contribution in [0.2, 0.25) is 0 Å². The zero-order valence-corrected chi connectivity index (χ0v) is 18.6. The molecule has 2 aromatic carbocycles. The highest BCUT2D eigenvalue weighted by atomic mass is 19.1. The Morgan fingerprint density at radius 2 is 1.34 bits per heavy atom. The van der Waals surface area contributed by atoms with Crippen LogP contribution in [-0.4, -0.2) is 0 Å². The van der Waals surface area contributed by atoms with Gasteiger partial charge in [-0.3, -0.25) is 0 Å². The van der Waals surface area contributed by atoms with Crippen molar-refractivity contribution >= 4 is 0 Å². The van der Waals surface area contributed by atoms with E-state index in [4.69, 9.17) is 0 Å². The van der Waals surface area contributed by atoms with Gasteiger partial charge in [-0.1, -0.05) is 82.3 Å². The van der Waals surface area contributed by atoms with Crippen LogP contribution < -0.4 is 0 Å². The van der Waals surface area contributed by atoms with E-state index in [2.05, 4.69) is 50.2 Å². The summed E-state index contributed by atoms with van der Waals surface area (Å²) in [5.41, 5.74) is 4.84. The molecule has 0 unspecified atom stereocenters. The molecular weight excluding hydrogens is 355 g/mol. The Kier molecular flexibility index (Phi) is 8.77. The second-order valence-electron chi connectivity index (χ2n) is 9.14. The van der Waals surface area contributed by atoms with Crippen LogP contribution in [0.15, 0.2) is 42.5 Å². The highest BCUT2D eigenvalue weighted by molar-refractivity contribution is 5.29. The number of halogens is 1. The first-order valence-corrected chi connectivity index (χ1v) is 12.1. The van der Waals surface area contributed by atoms with Crippen molar-refractivity contribution in [3.8, 4) is 0 Å². The maximum absolute atomic E-state index is 14.8. The lowest BCUT2D eigenvalue weighted by molar-refractivity contribution is 0.299. The molecule has 0 bridgehead atoms. The molecule has 0 saturated heterocycles. The number of unbranched alkanes of at least 4 members (excludes halogenated alkanes) is 2. The Labute approximate surface area is 177 Å². The van der Waals surface area contributed by atoms with Crippen LogP contribution >= 0.6 is 0 Å². The first kappa shape index (κ1) is 22.1. The Morgan fingerprint density at radius 1 is 0.724 bits per heavy atom. The van der Waals surface area contributed by atoms with Crippen molar-refractivity contribution in [1.82, 2.24) is 0 Å². The van der Waals surface area contributed by atoms with Gasteiger partial charge in [-0.25, -0.2) is 4.39 Å². The van der Waals surface area contributed by atoms with Crippen LogP contribution in [0.3, 0.4) is 0 Å². The summed E-state index contributed by atoms with van der Waals surface area (Å²) in [6.07, 6.45) is 14.5. The first-order valence-electron chi connectivity index (χ1n) is 12.1. The standard InChI is InChI=1S/C28H39F/c1-3-5-6-8-23-15-18-26(19-16-23)27-20-17-25(21-28(27)29)14-13-24-11-9-22(7-4-2)10-12-24/h9-12,17,20-21,23,26H,3-8,13-16,18-19H2,1-2H3. The van der Waals surface area contributed by atoms with Crippen LogP contribution in [0.25, 0.3) is 0 Å².